The lowest BCUT2D eigenvalue weighted by atomic mass is 10.0. The van der Waals surface area contributed by atoms with Crippen molar-refractivity contribution in [1.82, 2.24) is 9.55 Å². The first kappa shape index (κ1) is 12.5. The summed E-state index contributed by atoms with van der Waals surface area (Å²) < 4.78 is 2.36. The van der Waals surface area contributed by atoms with Crippen molar-refractivity contribution in [3.05, 3.63) is 42.4 Å². The van der Waals surface area contributed by atoms with Crippen molar-refractivity contribution >= 4 is 11.8 Å². The second kappa shape index (κ2) is 5.28. The number of imidazole rings is 1. The number of hydrogen-bond acceptors (Lipinski definition) is 2. The molecule has 0 spiro atoms. The number of thioether (sulfide) groups is 1. The summed E-state index contributed by atoms with van der Waals surface area (Å²) in [6, 6.07) is 9.29. The van der Waals surface area contributed by atoms with Crippen LogP contribution in [-0.4, -0.2) is 20.6 Å². The van der Waals surface area contributed by atoms with E-state index in [1.165, 1.54) is 54.7 Å². The minimum Gasteiger partial charge on any atom is -0.322 e. The Balaban J connectivity index is 1.56. The zero-order valence-corrected chi connectivity index (χ0v) is 12.5. The van der Waals surface area contributed by atoms with Gasteiger partial charge in [-0.25, -0.2) is 4.98 Å². The fraction of sp³-hybridized carbons (Fsp3) is 0.471. The Labute approximate surface area is 124 Å². The molecule has 1 atom stereocenters. The second-order valence-corrected chi connectivity index (χ2v) is 7.22. The van der Waals surface area contributed by atoms with Gasteiger partial charge in [0.2, 0.25) is 0 Å². The Kier molecular flexibility index (Phi) is 3.31. The molecule has 4 rings (SSSR count). The van der Waals surface area contributed by atoms with E-state index in [1.807, 2.05) is 12.5 Å². The molecule has 1 saturated carbocycles. The lowest BCUT2D eigenvalue weighted by Crippen LogP contribution is -2.14. The molecule has 1 aliphatic carbocycles. The maximum absolute atomic E-state index is 4.34. The van der Waals surface area contributed by atoms with Crippen LogP contribution < -0.4 is 0 Å². The van der Waals surface area contributed by atoms with Gasteiger partial charge in [0.1, 0.15) is 0 Å². The van der Waals surface area contributed by atoms with E-state index < -0.39 is 0 Å². The first-order valence-corrected chi connectivity index (χ1v) is 8.71. The molecule has 2 aromatic rings. The molecule has 1 aromatic heterocycles. The third-order valence-corrected chi connectivity index (χ3v) is 6.09. The zero-order valence-electron chi connectivity index (χ0n) is 11.7. The summed E-state index contributed by atoms with van der Waals surface area (Å²) in [4.78, 5) is 4.34. The smallest absolute Gasteiger partial charge is 0.0957 e. The van der Waals surface area contributed by atoms with Gasteiger partial charge in [-0.1, -0.05) is 43.5 Å². The zero-order chi connectivity index (χ0) is 13.4. The largest absolute Gasteiger partial charge is 0.322 e. The quantitative estimate of drug-likeness (QED) is 0.824. The van der Waals surface area contributed by atoms with E-state index in [4.69, 9.17) is 0 Å². The lowest BCUT2D eigenvalue weighted by Gasteiger charge is -2.23. The summed E-state index contributed by atoms with van der Waals surface area (Å²) >= 11 is 2.18. The average molecular weight is 284 g/mol. The predicted molar refractivity (Wildman–Crippen MR) is 85.1 cm³/mol. The fourth-order valence-corrected chi connectivity index (χ4v) is 5.02. The van der Waals surface area contributed by atoms with Crippen molar-refractivity contribution in [2.45, 2.75) is 43.4 Å². The van der Waals surface area contributed by atoms with Crippen LogP contribution in [0.15, 0.2) is 36.8 Å². The summed E-state index contributed by atoms with van der Waals surface area (Å²) in [6.45, 7) is 0. The van der Waals surface area contributed by atoms with Gasteiger partial charge in [-0.05, 0) is 18.4 Å². The molecule has 3 heteroatoms. The van der Waals surface area contributed by atoms with Crippen LogP contribution in [0.2, 0.25) is 0 Å². The van der Waals surface area contributed by atoms with Crippen LogP contribution in [0.5, 0.6) is 0 Å². The average Bonchev–Trinajstić information content (AvgIpc) is 3.07. The van der Waals surface area contributed by atoms with E-state index in [9.17, 15) is 0 Å². The minimum atomic E-state index is 0.482. The van der Waals surface area contributed by atoms with E-state index in [0.717, 1.165) is 5.25 Å². The van der Waals surface area contributed by atoms with Gasteiger partial charge in [0, 0.05) is 16.6 Å². The van der Waals surface area contributed by atoms with Crippen LogP contribution in [0.3, 0.4) is 0 Å². The summed E-state index contributed by atoms with van der Waals surface area (Å²) in [5.74, 6) is 1.19. The highest BCUT2D eigenvalue weighted by molar-refractivity contribution is 7.99. The van der Waals surface area contributed by atoms with Gasteiger partial charge in [0.25, 0.3) is 0 Å². The van der Waals surface area contributed by atoms with Crippen molar-refractivity contribution < 1.29 is 0 Å². The summed E-state index contributed by atoms with van der Waals surface area (Å²) in [5, 5.41) is 0.878. The molecular formula is C17H20N2S. The van der Waals surface area contributed by atoms with Crippen LogP contribution in [0.25, 0.3) is 11.3 Å². The van der Waals surface area contributed by atoms with Crippen LogP contribution >= 0.6 is 11.8 Å². The summed E-state index contributed by atoms with van der Waals surface area (Å²) in [6.07, 6.45) is 11.1. The Hall–Kier alpha value is -1.22. The minimum absolute atomic E-state index is 0.482. The van der Waals surface area contributed by atoms with Gasteiger partial charge >= 0.3 is 0 Å². The van der Waals surface area contributed by atoms with Crippen molar-refractivity contribution in [2.24, 2.45) is 0 Å². The third-order valence-electron chi connectivity index (χ3n) is 4.64. The van der Waals surface area contributed by atoms with Crippen LogP contribution in [0.4, 0.5) is 0 Å². The Morgan fingerprint density at radius 2 is 2.00 bits per heavy atom. The normalized spacial score (nSPS) is 21.7. The van der Waals surface area contributed by atoms with Crippen LogP contribution in [0, 0.1) is 0 Å². The number of benzene rings is 1. The molecule has 0 saturated heterocycles. The van der Waals surface area contributed by atoms with Gasteiger partial charge in [0.05, 0.1) is 24.3 Å². The molecule has 2 heterocycles. The predicted octanol–water partition coefficient (Wildman–Crippen LogP) is 4.52. The highest BCUT2D eigenvalue weighted by atomic mass is 32.2. The monoisotopic (exact) mass is 284 g/mol. The summed E-state index contributed by atoms with van der Waals surface area (Å²) in [7, 11) is 0. The van der Waals surface area contributed by atoms with Crippen molar-refractivity contribution in [3.8, 4) is 11.3 Å². The molecule has 1 aliphatic heterocycles. The molecule has 0 amide bonds. The number of nitrogens with zero attached hydrogens (tertiary/aromatic N) is 2. The Morgan fingerprint density at radius 1 is 1.15 bits per heavy atom. The van der Waals surface area contributed by atoms with Crippen LogP contribution in [0.1, 0.15) is 43.7 Å². The van der Waals surface area contributed by atoms with E-state index in [-0.39, 0.29) is 0 Å². The van der Waals surface area contributed by atoms with E-state index in [2.05, 4.69) is 45.6 Å². The second-order valence-electron chi connectivity index (χ2n) is 5.88. The van der Waals surface area contributed by atoms with Crippen molar-refractivity contribution in [1.29, 1.82) is 0 Å². The fourth-order valence-electron chi connectivity index (χ4n) is 3.56. The molecule has 0 N–H and O–H groups in total. The lowest BCUT2D eigenvalue weighted by molar-refractivity contribution is 0.515. The van der Waals surface area contributed by atoms with Crippen LogP contribution in [-0.2, 0) is 0 Å². The molecule has 2 aliphatic rings. The maximum Gasteiger partial charge on any atom is 0.0957 e. The molecule has 0 unspecified atom stereocenters. The molecule has 1 fully saturated rings. The van der Waals surface area contributed by atoms with Crippen molar-refractivity contribution in [2.75, 3.05) is 5.75 Å². The third kappa shape index (κ3) is 2.08. The van der Waals surface area contributed by atoms with Gasteiger partial charge in [-0.2, -0.15) is 11.8 Å². The molecular weight excluding hydrogens is 264 g/mol. The topological polar surface area (TPSA) is 17.8 Å². The number of hydrogen-bond donors (Lipinski definition) is 0. The number of rotatable bonds is 3. The molecule has 2 nitrogen and oxygen atoms in total. The maximum atomic E-state index is 4.34. The molecule has 0 radical (unpaired) electrons. The number of aromatic nitrogens is 2. The summed E-state index contributed by atoms with van der Waals surface area (Å²) in [5.41, 5.74) is 4.14. The van der Waals surface area contributed by atoms with Gasteiger partial charge in [-0.3, -0.25) is 0 Å². The molecule has 104 valence electrons. The molecule has 0 bridgehead atoms. The number of fused-ring (bicyclic) bond motifs is 3. The van der Waals surface area contributed by atoms with E-state index in [0.29, 0.717) is 6.04 Å². The molecule has 20 heavy (non-hydrogen) atoms. The first-order valence-electron chi connectivity index (χ1n) is 7.66. The van der Waals surface area contributed by atoms with E-state index in [1.54, 1.807) is 0 Å². The van der Waals surface area contributed by atoms with Gasteiger partial charge in [0.15, 0.2) is 0 Å². The standard InChI is InChI=1S/C17H20N2S/c1-2-6-13(7-3-1)20-11-17-15-9-5-4-8-14(15)16-10-18-12-19(16)17/h4-5,8-10,12-13,17H,1-3,6-7,11H2/t17-/m1/s1. The highest BCUT2D eigenvalue weighted by Gasteiger charge is 2.28. The highest BCUT2D eigenvalue weighted by Crippen LogP contribution is 2.41. The van der Waals surface area contributed by atoms with Gasteiger partial charge < -0.3 is 4.57 Å². The van der Waals surface area contributed by atoms with Crippen molar-refractivity contribution in [3.63, 3.8) is 0 Å². The van der Waals surface area contributed by atoms with E-state index >= 15 is 0 Å². The van der Waals surface area contributed by atoms with Gasteiger partial charge in [-0.15, -0.1) is 0 Å². The Bertz CT molecular complexity index is 599. The first-order chi connectivity index (χ1) is 9.93. The molecule has 1 aromatic carbocycles. The SMILES string of the molecule is c1ccc2c(c1)-c1cncn1[C@@H]2CSC1CCCCC1. The Morgan fingerprint density at radius 3 is 2.90 bits per heavy atom.